The zero-order chi connectivity index (χ0) is 16.1. The third-order valence-electron chi connectivity index (χ3n) is 4.49. The number of amides is 1. The van der Waals surface area contributed by atoms with Crippen LogP contribution >= 0.6 is 0 Å². The molecule has 0 aliphatic heterocycles. The molecule has 1 aliphatic carbocycles. The highest BCUT2D eigenvalue weighted by atomic mass is 16.3. The zero-order valence-corrected chi connectivity index (χ0v) is 13.6. The van der Waals surface area contributed by atoms with Crippen LogP contribution in [0.2, 0.25) is 0 Å². The van der Waals surface area contributed by atoms with Crippen molar-refractivity contribution in [3.05, 3.63) is 36.1 Å². The van der Waals surface area contributed by atoms with Gasteiger partial charge in [-0.2, -0.15) is 0 Å². The summed E-state index contributed by atoms with van der Waals surface area (Å²) in [6.45, 7) is 3.43. The lowest BCUT2D eigenvalue weighted by molar-refractivity contribution is 0.0947. The molecule has 6 nitrogen and oxygen atoms in total. The van der Waals surface area contributed by atoms with Gasteiger partial charge in [-0.15, -0.1) is 0 Å². The highest BCUT2D eigenvalue weighted by Gasteiger charge is 2.21. The largest absolute Gasteiger partial charge is 0.448 e. The molecule has 23 heavy (non-hydrogen) atoms. The highest BCUT2D eigenvalue weighted by Crippen LogP contribution is 2.31. The molecular formula is C17H24N4O2. The Kier molecular flexibility index (Phi) is 5.10. The quantitative estimate of drug-likeness (QED) is 0.831. The van der Waals surface area contributed by atoms with Crippen LogP contribution in [-0.4, -0.2) is 27.0 Å². The summed E-state index contributed by atoms with van der Waals surface area (Å²) in [5.74, 6) is 1.95. The molecule has 0 radical (unpaired) electrons. The van der Waals surface area contributed by atoms with E-state index in [0.29, 0.717) is 18.2 Å². The number of hydrogen-bond donors (Lipinski definition) is 1. The first kappa shape index (κ1) is 15.8. The number of rotatable bonds is 6. The van der Waals surface area contributed by atoms with Gasteiger partial charge in [0.25, 0.3) is 5.91 Å². The standard InChI is InChI=1S/C17H24N4O2/c1-13-18-9-11-21(13)10-5-8-19-16(22)15-12-23-17(20-15)14-6-3-2-4-7-14/h9,11-12,14H,2-8,10H2,1H3,(H,19,22). The number of aromatic nitrogens is 3. The van der Waals surface area contributed by atoms with Gasteiger partial charge in [-0.05, 0) is 26.2 Å². The maximum Gasteiger partial charge on any atom is 0.273 e. The second-order valence-corrected chi connectivity index (χ2v) is 6.18. The van der Waals surface area contributed by atoms with Crippen LogP contribution in [0.1, 0.15) is 66.6 Å². The Morgan fingerprint density at radius 2 is 2.22 bits per heavy atom. The second kappa shape index (κ2) is 7.44. The summed E-state index contributed by atoms with van der Waals surface area (Å²) in [6, 6.07) is 0. The van der Waals surface area contributed by atoms with Gasteiger partial charge in [0, 0.05) is 31.4 Å². The molecular weight excluding hydrogens is 292 g/mol. The van der Waals surface area contributed by atoms with Gasteiger partial charge in [0.15, 0.2) is 11.6 Å². The second-order valence-electron chi connectivity index (χ2n) is 6.18. The summed E-state index contributed by atoms with van der Waals surface area (Å²) in [4.78, 5) is 20.7. The maximum absolute atomic E-state index is 12.1. The Labute approximate surface area is 136 Å². The molecule has 124 valence electrons. The van der Waals surface area contributed by atoms with Crippen LogP contribution < -0.4 is 5.32 Å². The predicted molar refractivity (Wildman–Crippen MR) is 86.2 cm³/mol. The van der Waals surface area contributed by atoms with E-state index in [9.17, 15) is 4.79 Å². The fourth-order valence-electron chi connectivity index (χ4n) is 3.11. The fraction of sp³-hybridized carbons (Fsp3) is 0.588. The lowest BCUT2D eigenvalue weighted by atomic mass is 9.89. The van der Waals surface area contributed by atoms with Crippen molar-refractivity contribution in [2.75, 3.05) is 6.54 Å². The van der Waals surface area contributed by atoms with Gasteiger partial charge in [0.05, 0.1) is 0 Å². The number of imidazole rings is 1. The van der Waals surface area contributed by atoms with Crippen molar-refractivity contribution >= 4 is 5.91 Å². The Hall–Kier alpha value is -2.11. The normalized spacial score (nSPS) is 15.7. The van der Waals surface area contributed by atoms with Crippen molar-refractivity contribution in [1.82, 2.24) is 19.9 Å². The van der Waals surface area contributed by atoms with E-state index in [2.05, 4.69) is 19.9 Å². The van der Waals surface area contributed by atoms with Gasteiger partial charge in [-0.3, -0.25) is 4.79 Å². The summed E-state index contributed by atoms with van der Waals surface area (Å²) in [5.41, 5.74) is 0.393. The van der Waals surface area contributed by atoms with Gasteiger partial charge in [-0.1, -0.05) is 19.3 Å². The van der Waals surface area contributed by atoms with Crippen molar-refractivity contribution in [2.45, 2.75) is 57.9 Å². The van der Waals surface area contributed by atoms with Crippen molar-refractivity contribution in [3.63, 3.8) is 0 Å². The van der Waals surface area contributed by atoms with E-state index in [1.54, 1.807) is 6.20 Å². The number of hydrogen-bond acceptors (Lipinski definition) is 4. The molecule has 0 atom stereocenters. The van der Waals surface area contributed by atoms with Crippen LogP contribution in [0.3, 0.4) is 0 Å². The Morgan fingerprint density at radius 1 is 1.39 bits per heavy atom. The molecule has 6 heteroatoms. The molecule has 1 aliphatic rings. The molecule has 0 bridgehead atoms. The SMILES string of the molecule is Cc1nccn1CCCNC(=O)c1coc(C2CCCCC2)n1. The number of aryl methyl sites for hydroxylation is 2. The summed E-state index contributed by atoms with van der Waals surface area (Å²) >= 11 is 0. The molecule has 1 N–H and O–H groups in total. The van der Waals surface area contributed by atoms with Crippen molar-refractivity contribution in [2.24, 2.45) is 0 Å². The summed E-state index contributed by atoms with van der Waals surface area (Å²) in [6.07, 6.45) is 12.1. The molecule has 2 aromatic heterocycles. The van der Waals surface area contributed by atoms with Crippen molar-refractivity contribution < 1.29 is 9.21 Å². The lowest BCUT2D eigenvalue weighted by Gasteiger charge is -2.17. The third kappa shape index (κ3) is 4.00. The minimum Gasteiger partial charge on any atom is -0.448 e. The van der Waals surface area contributed by atoms with Crippen molar-refractivity contribution in [1.29, 1.82) is 0 Å². The van der Waals surface area contributed by atoms with Crippen molar-refractivity contribution in [3.8, 4) is 0 Å². The van der Waals surface area contributed by atoms with E-state index in [-0.39, 0.29) is 5.91 Å². The molecule has 1 saturated carbocycles. The number of carbonyl (C=O) groups excluding carboxylic acids is 1. The zero-order valence-electron chi connectivity index (χ0n) is 13.6. The maximum atomic E-state index is 12.1. The molecule has 3 rings (SSSR count). The van der Waals surface area contributed by atoms with E-state index in [1.165, 1.54) is 25.5 Å². The molecule has 0 unspecified atom stereocenters. The molecule has 2 heterocycles. The Balaban J connectivity index is 1.45. The van der Waals surface area contributed by atoms with Gasteiger partial charge in [-0.25, -0.2) is 9.97 Å². The Bertz CT molecular complexity index is 641. The van der Waals surface area contributed by atoms with E-state index in [4.69, 9.17) is 4.42 Å². The molecule has 2 aromatic rings. The van der Waals surface area contributed by atoms with Crippen LogP contribution in [0, 0.1) is 6.92 Å². The first-order valence-corrected chi connectivity index (χ1v) is 8.45. The molecule has 1 fully saturated rings. The Morgan fingerprint density at radius 3 is 2.96 bits per heavy atom. The molecule has 1 amide bonds. The van der Waals surface area contributed by atoms with E-state index in [0.717, 1.165) is 37.5 Å². The van der Waals surface area contributed by atoms with Crippen LogP contribution in [0.15, 0.2) is 23.1 Å². The van der Waals surface area contributed by atoms with Gasteiger partial charge in [0.1, 0.15) is 12.1 Å². The van der Waals surface area contributed by atoms with Crippen LogP contribution in [-0.2, 0) is 6.54 Å². The summed E-state index contributed by atoms with van der Waals surface area (Å²) < 4.78 is 7.59. The number of carbonyl (C=O) groups is 1. The topological polar surface area (TPSA) is 73.0 Å². The minimum absolute atomic E-state index is 0.154. The number of nitrogens with zero attached hydrogens (tertiary/aromatic N) is 3. The summed E-state index contributed by atoms with van der Waals surface area (Å²) in [5, 5.41) is 2.90. The number of nitrogens with one attached hydrogen (secondary N) is 1. The lowest BCUT2D eigenvalue weighted by Crippen LogP contribution is -2.25. The number of oxazole rings is 1. The van der Waals surface area contributed by atoms with Crippen LogP contribution in [0.25, 0.3) is 0 Å². The molecule has 0 aromatic carbocycles. The average molecular weight is 316 g/mol. The highest BCUT2D eigenvalue weighted by molar-refractivity contribution is 5.91. The summed E-state index contributed by atoms with van der Waals surface area (Å²) in [7, 11) is 0. The van der Waals surface area contributed by atoms with Gasteiger partial charge < -0.3 is 14.3 Å². The van der Waals surface area contributed by atoms with E-state index < -0.39 is 0 Å². The molecule has 0 saturated heterocycles. The van der Waals surface area contributed by atoms with Gasteiger partial charge >= 0.3 is 0 Å². The predicted octanol–water partition coefficient (Wildman–Crippen LogP) is 3.05. The minimum atomic E-state index is -0.154. The third-order valence-corrected chi connectivity index (χ3v) is 4.49. The van der Waals surface area contributed by atoms with E-state index >= 15 is 0 Å². The average Bonchev–Trinajstić information content (AvgIpc) is 3.22. The van der Waals surface area contributed by atoms with Crippen LogP contribution in [0.5, 0.6) is 0 Å². The van der Waals surface area contributed by atoms with Gasteiger partial charge in [0.2, 0.25) is 0 Å². The van der Waals surface area contributed by atoms with Crippen LogP contribution in [0.4, 0.5) is 0 Å². The fourth-order valence-corrected chi connectivity index (χ4v) is 3.11. The first-order valence-electron chi connectivity index (χ1n) is 8.45. The molecule has 0 spiro atoms. The van der Waals surface area contributed by atoms with E-state index in [1.807, 2.05) is 13.1 Å². The first-order chi connectivity index (χ1) is 11.2. The monoisotopic (exact) mass is 316 g/mol. The smallest absolute Gasteiger partial charge is 0.273 e.